The number of nitrogens with one attached hydrogen (secondary N) is 1. The number of hydrogen-bond acceptors (Lipinski definition) is 3. The quantitative estimate of drug-likeness (QED) is 0.760. The fourth-order valence-corrected chi connectivity index (χ4v) is 1.99. The number of benzene rings is 2. The Morgan fingerprint density at radius 1 is 0.905 bits per heavy atom. The third-order valence-electron chi connectivity index (χ3n) is 3.00. The van der Waals surface area contributed by atoms with E-state index in [1.807, 2.05) is 30.3 Å². The molecule has 0 bridgehead atoms. The predicted molar refractivity (Wildman–Crippen MR) is 74.3 cm³/mol. The molecule has 6 heteroatoms. The van der Waals surface area contributed by atoms with E-state index in [0.29, 0.717) is 11.2 Å². The summed E-state index contributed by atoms with van der Waals surface area (Å²) in [6, 6.07) is 12.7. The van der Waals surface area contributed by atoms with Crippen LogP contribution < -0.4 is 5.32 Å². The highest BCUT2D eigenvalue weighted by Gasteiger charge is 2.30. The van der Waals surface area contributed by atoms with Gasteiger partial charge in [-0.15, -0.1) is 0 Å². The first-order chi connectivity index (χ1) is 10.0. The molecule has 2 aromatic carbocycles. The van der Waals surface area contributed by atoms with E-state index in [1.54, 1.807) is 0 Å². The van der Waals surface area contributed by atoms with Crippen molar-refractivity contribution >= 4 is 22.4 Å². The molecule has 3 aromatic rings. The Kier molecular flexibility index (Phi) is 3.21. The number of nitrogens with zero attached hydrogens (tertiary/aromatic N) is 2. The van der Waals surface area contributed by atoms with Crippen LogP contribution in [0.5, 0.6) is 0 Å². The normalized spacial score (nSPS) is 11.6. The Hall–Kier alpha value is -2.63. The number of hydrogen-bond donors (Lipinski definition) is 1. The van der Waals surface area contributed by atoms with Crippen LogP contribution in [0.4, 0.5) is 24.7 Å². The Balaban J connectivity index is 2.05. The summed E-state index contributed by atoms with van der Waals surface area (Å²) in [5.74, 6) is 0.472. The van der Waals surface area contributed by atoms with Crippen molar-refractivity contribution < 1.29 is 13.2 Å². The third kappa shape index (κ3) is 2.79. The van der Waals surface area contributed by atoms with E-state index in [0.717, 1.165) is 17.8 Å². The van der Waals surface area contributed by atoms with E-state index in [4.69, 9.17) is 0 Å². The Labute approximate surface area is 118 Å². The summed E-state index contributed by atoms with van der Waals surface area (Å²) in [6.45, 7) is 0. The molecule has 0 atom stereocenters. The number of alkyl halides is 3. The lowest BCUT2D eigenvalue weighted by Crippen LogP contribution is -2.05. The maximum atomic E-state index is 12.7. The van der Waals surface area contributed by atoms with Crippen LogP contribution in [0.1, 0.15) is 5.56 Å². The lowest BCUT2D eigenvalue weighted by Gasteiger charge is -2.10. The molecule has 3 nitrogen and oxygen atoms in total. The van der Waals surface area contributed by atoms with Gasteiger partial charge in [-0.25, -0.2) is 9.97 Å². The zero-order valence-electron chi connectivity index (χ0n) is 10.7. The lowest BCUT2D eigenvalue weighted by atomic mass is 10.1. The first kappa shape index (κ1) is 13.4. The SMILES string of the molecule is FC(F)(F)c1ccc2c(Nc3ccccc3)ncnc2c1. The molecule has 0 amide bonds. The summed E-state index contributed by atoms with van der Waals surface area (Å²) in [6.07, 6.45) is -3.14. The number of rotatable bonds is 2. The van der Waals surface area contributed by atoms with E-state index in [-0.39, 0.29) is 5.52 Å². The minimum absolute atomic E-state index is 0.248. The van der Waals surface area contributed by atoms with E-state index in [9.17, 15) is 13.2 Å². The molecule has 0 saturated carbocycles. The van der Waals surface area contributed by atoms with Gasteiger partial charge in [-0.2, -0.15) is 13.2 Å². The number of para-hydroxylation sites is 1. The maximum absolute atomic E-state index is 12.7. The van der Waals surface area contributed by atoms with Gasteiger partial charge < -0.3 is 5.32 Å². The molecule has 0 radical (unpaired) electrons. The van der Waals surface area contributed by atoms with E-state index >= 15 is 0 Å². The molecule has 21 heavy (non-hydrogen) atoms. The Bertz CT molecular complexity index is 770. The summed E-state index contributed by atoms with van der Waals surface area (Å²) < 4.78 is 38.1. The van der Waals surface area contributed by atoms with Gasteiger partial charge in [-0.3, -0.25) is 0 Å². The second-order valence-corrected chi connectivity index (χ2v) is 4.44. The van der Waals surface area contributed by atoms with Crippen molar-refractivity contribution in [2.24, 2.45) is 0 Å². The number of fused-ring (bicyclic) bond motifs is 1. The molecule has 1 N–H and O–H groups in total. The van der Waals surface area contributed by atoms with Gasteiger partial charge in [0.05, 0.1) is 11.1 Å². The van der Waals surface area contributed by atoms with Crippen molar-refractivity contribution in [3.8, 4) is 0 Å². The van der Waals surface area contributed by atoms with Gasteiger partial charge >= 0.3 is 6.18 Å². The van der Waals surface area contributed by atoms with Crippen molar-refractivity contribution in [3.63, 3.8) is 0 Å². The average molecular weight is 289 g/mol. The first-order valence-corrected chi connectivity index (χ1v) is 6.18. The minimum atomic E-state index is -4.38. The van der Waals surface area contributed by atoms with E-state index in [1.165, 1.54) is 12.4 Å². The third-order valence-corrected chi connectivity index (χ3v) is 3.00. The molecule has 0 aliphatic carbocycles. The van der Waals surface area contributed by atoms with Crippen molar-refractivity contribution in [3.05, 3.63) is 60.4 Å². The highest BCUT2D eigenvalue weighted by atomic mass is 19.4. The Morgan fingerprint density at radius 2 is 1.67 bits per heavy atom. The van der Waals surface area contributed by atoms with Crippen molar-refractivity contribution in [1.82, 2.24) is 9.97 Å². The second-order valence-electron chi connectivity index (χ2n) is 4.44. The summed E-state index contributed by atoms with van der Waals surface area (Å²) in [5.41, 5.74) is 0.329. The molecule has 0 unspecified atom stereocenters. The Morgan fingerprint density at radius 3 is 2.38 bits per heavy atom. The molecule has 1 heterocycles. The predicted octanol–water partition coefficient (Wildman–Crippen LogP) is 4.39. The number of aromatic nitrogens is 2. The van der Waals surface area contributed by atoms with Crippen LogP contribution in [-0.2, 0) is 6.18 Å². The summed E-state index contributed by atoms with van der Waals surface area (Å²) >= 11 is 0. The molecule has 0 fully saturated rings. The summed E-state index contributed by atoms with van der Waals surface area (Å²) in [4.78, 5) is 8.00. The molecule has 106 valence electrons. The average Bonchev–Trinajstić information content (AvgIpc) is 2.47. The highest BCUT2D eigenvalue weighted by molar-refractivity contribution is 5.90. The van der Waals surface area contributed by atoms with Crippen LogP contribution in [0, 0.1) is 0 Å². The minimum Gasteiger partial charge on any atom is -0.340 e. The number of halogens is 3. The van der Waals surface area contributed by atoms with Crippen LogP contribution in [-0.4, -0.2) is 9.97 Å². The summed E-state index contributed by atoms with van der Waals surface area (Å²) in [5, 5.41) is 3.61. The van der Waals surface area contributed by atoms with Crippen molar-refractivity contribution in [2.75, 3.05) is 5.32 Å². The van der Waals surface area contributed by atoms with Crippen molar-refractivity contribution in [1.29, 1.82) is 0 Å². The van der Waals surface area contributed by atoms with Gasteiger partial charge in [0.15, 0.2) is 0 Å². The fraction of sp³-hybridized carbons (Fsp3) is 0.0667. The van der Waals surface area contributed by atoms with Crippen LogP contribution in [0.3, 0.4) is 0 Å². The van der Waals surface area contributed by atoms with Crippen LogP contribution in [0.2, 0.25) is 0 Å². The standard InChI is InChI=1S/C15H10F3N3/c16-15(17,18)10-6-7-12-13(8-10)19-9-20-14(12)21-11-4-2-1-3-5-11/h1-9H,(H,19,20,21). The first-order valence-electron chi connectivity index (χ1n) is 6.18. The van der Waals surface area contributed by atoms with Crippen molar-refractivity contribution in [2.45, 2.75) is 6.18 Å². The molecule has 0 aliphatic heterocycles. The molecular formula is C15H10F3N3. The smallest absolute Gasteiger partial charge is 0.340 e. The van der Waals surface area contributed by atoms with Gasteiger partial charge in [-0.05, 0) is 30.3 Å². The van der Waals surface area contributed by atoms with Crippen LogP contribution in [0.25, 0.3) is 10.9 Å². The zero-order valence-corrected chi connectivity index (χ0v) is 10.7. The van der Waals surface area contributed by atoms with Gasteiger partial charge in [-0.1, -0.05) is 18.2 Å². The zero-order chi connectivity index (χ0) is 14.9. The van der Waals surface area contributed by atoms with E-state index in [2.05, 4.69) is 15.3 Å². The topological polar surface area (TPSA) is 37.8 Å². The largest absolute Gasteiger partial charge is 0.416 e. The second kappa shape index (κ2) is 5.05. The molecule has 0 spiro atoms. The molecule has 1 aromatic heterocycles. The number of anilines is 2. The monoisotopic (exact) mass is 289 g/mol. The van der Waals surface area contributed by atoms with E-state index < -0.39 is 11.7 Å². The lowest BCUT2D eigenvalue weighted by molar-refractivity contribution is -0.137. The maximum Gasteiger partial charge on any atom is 0.416 e. The van der Waals surface area contributed by atoms with Gasteiger partial charge in [0.2, 0.25) is 0 Å². The molecular weight excluding hydrogens is 279 g/mol. The molecule has 3 rings (SSSR count). The summed E-state index contributed by atoms with van der Waals surface area (Å²) in [7, 11) is 0. The highest BCUT2D eigenvalue weighted by Crippen LogP contribution is 2.32. The molecule has 0 aliphatic rings. The van der Waals surface area contributed by atoms with Crippen LogP contribution >= 0.6 is 0 Å². The molecule has 0 saturated heterocycles. The van der Waals surface area contributed by atoms with Gasteiger partial charge in [0.1, 0.15) is 12.1 Å². The van der Waals surface area contributed by atoms with Gasteiger partial charge in [0, 0.05) is 11.1 Å². The van der Waals surface area contributed by atoms with Gasteiger partial charge in [0.25, 0.3) is 0 Å². The van der Waals surface area contributed by atoms with Crippen LogP contribution in [0.15, 0.2) is 54.9 Å². The fourth-order valence-electron chi connectivity index (χ4n) is 1.99.